The second-order valence-corrected chi connectivity index (χ2v) is 7.90. The van der Waals surface area contributed by atoms with Crippen LogP contribution >= 0.6 is 0 Å². The van der Waals surface area contributed by atoms with Gasteiger partial charge < -0.3 is 9.64 Å². The molecule has 2 aliphatic heterocycles. The predicted molar refractivity (Wildman–Crippen MR) is 101 cm³/mol. The van der Waals surface area contributed by atoms with Gasteiger partial charge in [-0.05, 0) is 62.1 Å². The van der Waals surface area contributed by atoms with Gasteiger partial charge in [0.15, 0.2) is 0 Å². The van der Waals surface area contributed by atoms with Crippen molar-refractivity contribution in [2.75, 3.05) is 18.0 Å². The van der Waals surface area contributed by atoms with Gasteiger partial charge in [-0.3, -0.25) is 9.78 Å². The maximum Gasteiger partial charge on any atom is 0.255 e. The Balaban J connectivity index is 1.41. The summed E-state index contributed by atoms with van der Waals surface area (Å²) in [5.74, 6) is 0.744. The second kappa shape index (κ2) is 5.95. The standard InChI is InChI=1S/C21H25N3O2/c1-14-5-4-6-15-13-26-21(18(14)15)9-11-24(12-10-21)20-22-17-8-3-2-7-16(17)19(25)23-20/h4-6H,2-3,7-13H2,1H3,(H,22,23,25). The summed E-state index contributed by atoms with van der Waals surface area (Å²) in [6, 6.07) is 6.49. The van der Waals surface area contributed by atoms with E-state index in [1.807, 2.05) is 0 Å². The molecule has 0 radical (unpaired) electrons. The number of nitrogens with zero attached hydrogens (tertiary/aromatic N) is 2. The van der Waals surface area contributed by atoms with Gasteiger partial charge in [-0.1, -0.05) is 18.2 Å². The van der Waals surface area contributed by atoms with Crippen LogP contribution in [-0.2, 0) is 29.8 Å². The van der Waals surface area contributed by atoms with Crippen molar-refractivity contribution >= 4 is 5.95 Å². The Labute approximate surface area is 153 Å². The molecular formula is C21H25N3O2. The zero-order valence-electron chi connectivity index (χ0n) is 15.3. The van der Waals surface area contributed by atoms with Gasteiger partial charge in [-0.15, -0.1) is 0 Å². The Kier molecular flexibility index (Phi) is 3.67. The molecule has 1 N–H and O–H groups in total. The van der Waals surface area contributed by atoms with E-state index in [1.54, 1.807) is 0 Å². The topological polar surface area (TPSA) is 58.2 Å². The number of fused-ring (bicyclic) bond motifs is 3. The highest BCUT2D eigenvalue weighted by Crippen LogP contribution is 2.45. The molecule has 5 rings (SSSR count). The minimum atomic E-state index is -0.161. The summed E-state index contributed by atoms with van der Waals surface area (Å²) < 4.78 is 6.31. The van der Waals surface area contributed by atoms with Gasteiger partial charge in [-0.2, -0.15) is 0 Å². The molecule has 0 saturated carbocycles. The normalized spacial score (nSPS) is 20.9. The fraction of sp³-hybridized carbons (Fsp3) is 0.524. The van der Waals surface area contributed by atoms with Gasteiger partial charge in [0.2, 0.25) is 5.95 Å². The largest absolute Gasteiger partial charge is 0.365 e. The van der Waals surface area contributed by atoms with Crippen LogP contribution in [-0.4, -0.2) is 23.1 Å². The first-order valence-corrected chi connectivity index (χ1v) is 9.76. The van der Waals surface area contributed by atoms with E-state index in [9.17, 15) is 4.79 Å². The van der Waals surface area contributed by atoms with Crippen LogP contribution in [0, 0.1) is 6.92 Å². The zero-order valence-corrected chi connectivity index (χ0v) is 15.3. The van der Waals surface area contributed by atoms with E-state index in [0.717, 1.165) is 68.8 Å². The number of hydrogen-bond donors (Lipinski definition) is 1. The van der Waals surface area contributed by atoms with Crippen LogP contribution in [0.4, 0.5) is 5.95 Å². The summed E-state index contributed by atoms with van der Waals surface area (Å²) in [6.45, 7) is 4.61. The first kappa shape index (κ1) is 16.1. The molecule has 1 spiro atoms. The molecule has 26 heavy (non-hydrogen) atoms. The number of nitrogens with one attached hydrogen (secondary N) is 1. The second-order valence-electron chi connectivity index (χ2n) is 7.90. The van der Waals surface area contributed by atoms with E-state index in [1.165, 1.54) is 16.7 Å². The summed E-state index contributed by atoms with van der Waals surface area (Å²) in [5.41, 5.74) is 5.86. The number of aromatic nitrogens is 2. The molecule has 1 fully saturated rings. The Morgan fingerprint density at radius 2 is 2.00 bits per heavy atom. The summed E-state index contributed by atoms with van der Waals surface area (Å²) >= 11 is 0. The number of aromatic amines is 1. The molecular weight excluding hydrogens is 326 g/mol. The monoisotopic (exact) mass is 351 g/mol. The third kappa shape index (κ3) is 2.41. The van der Waals surface area contributed by atoms with Gasteiger partial charge in [0.05, 0.1) is 17.9 Å². The molecule has 1 aromatic heterocycles. The highest BCUT2D eigenvalue weighted by atomic mass is 16.5. The van der Waals surface area contributed by atoms with E-state index in [2.05, 4.69) is 35.0 Å². The SMILES string of the molecule is Cc1cccc2c1C1(CCN(c3nc4c(c(=O)[nH]3)CCCC4)CC1)OC2. The molecule has 5 heteroatoms. The molecule has 0 bridgehead atoms. The summed E-state index contributed by atoms with van der Waals surface area (Å²) in [4.78, 5) is 22.5. The molecule has 3 aliphatic rings. The Morgan fingerprint density at radius 1 is 1.19 bits per heavy atom. The van der Waals surface area contributed by atoms with Gasteiger partial charge in [0, 0.05) is 18.7 Å². The van der Waals surface area contributed by atoms with Gasteiger partial charge in [0.1, 0.15) is 0 Å². The van der Waals surface area contributed by atoms with E-state index >= 15 is 0 Å². The predicted octanol–water partition coefficient (Wildman–Crippen LogP) is 2.98. The Bertz CT molecular complexity index is 910. The summed E-state index contributed by atoms with van der Waals surface area (Å²) in [5, 5.41) is 0. The molecule has 0 unspecified atom stereocenters. The highest BCUT2D eigenvalue weighted by molar-refractivity contribution is 5.44. The van der Waals surface area contributed by atoms with Crippen LogP contribution in [0.1, 0.15) is 53.6 Å². The molecule has 1 aliphatic carbocycles. The van der Waals surface area contributed by atoms with Crippen molar-refractivity contribution in [3.8, 4) is 0 Å². The Morgan fingerprint density at radius 3 is 2.85 bits per heavy atom. The van der Waals surface area contributed by atoms with E-state index in [0.29, 0.717) is 6.61 Å². The maximum atomic E-state index is 12.4. The number of benzene rings is 1. The molecule has 5 nitrogen and oxygen atoms in total. The third-order valence-corrected chi connectivity index (χ3v) is 6.37. The molecule has 1 aromatic carbocycles. The van der Waals surface area contributed by atoms with Crippen molar-refractivity contribution in [1.82, 2.24) is 9.97 Å². The van der Waals surface area contributed by atoms with Crippen LogP contribution in [0.3, 0.4) is 0 Å². The quantitative estimate of drug-likeness (QED) is 0.858. The van der Waals surface area contributed by atoms with E-state index < -0.39 is 0 Å². The van der Waals surface area contributed by atoms with Crippen LogP contribution in [0.5, 0.6) is 0 Å². The average molecular weight is 351 g/mol. The molecule has 136 valence electrons. The first-order valence-electron chi connectivity index (χ1n) is 9.76. The fourth-order valence-corrected chi connectivity index (χ4v) is 5.00. The minimum absolute atomic E-state index is 0.0586. The van der Waals surface area contributed by atoms with Crippen molar-refractivity contribution in [3.05, 3.63) is 56.5 Å². The number of anilines is 1. The number of hydrogen-bond acceptors (Lipinski definition) is 4. The lowest BCUT2D eigenvalue weighted by Crippen LogP contribution is -2.44. The number of H-pyrrole nitrogens is 1. The Hall–Kier alpha value is -2.14. The van der Waals surface area contributed by atoms with Crippen LogP contribution in [0.25, 0.3) is 0 Å². The lowest BCUT2D eigenvalue weighted by Gasteiger charge is -2.40. The van der Waals surface area contributed by atoms with Gasteiger partial charge >= 0.3 is 0 Å². The van der Waals surface area contributed by atoms with Crippen molar-refractivity contribution in [3.63, 3.8) is 0 Å². The van der Waals surface area contributed by atoms with E-state index in [4.69, 9.17) is 9.72 Å². The number of aryl methyl sites for hydroxylation is 2. The van der Waals surface area contributed by atoms with Gasteiger partial charge in [-0.25, -0.2) is 4.98 Å². The molecule has 0 atom stereocenters. The molecule has 1 saturated heterocycles. The van der Waals surface area contributed by atoms with Crippen molar-refractivity contribution in [1.29, 1.82) is 0 Å². The molecule has 3 heterocycles. The number of rotatable bonds is 1. The lowest BCUT2D eigenvalue weighted by molar-refractivity contribution is -0.0555. The van der Waals surface area contributed by atoms with Crippen molar-refractivity contribution in [2.24, 2.45) is 0 Å². The van der Waals surface area contributed by atoms with Gasteiger partial charge in [0.25, 0.3) is 5.56 Å². The number of ether oxygens (including phenoxy) is 1. The lowest BCUT2D eigenvalue weighted by atomic mass is 9.81. The summed E-state index contributed by atoms with van der Waals surface area (Å²) in [7, 11) is 0. The molecule has 0 amide bonds. The smallest absolute Gasteiger partial charge is 0.255 e. The van der Waals surface area contributed by atoms with Crippen LogP contribution in [0.15, 0.2) is 23.0 Å². The zero-order chi connectivity index (χ0) is 17.7. The minimum Gasteiger partial charge on any atom is -0.365 e. The average Bonchev–Trinajstić information content (AvgIpc) is 3.02. The van der Waals surface area contributed by atoms with Crippen molar-refractivity contribution in [2.45, 2.75) is 57.7 Å². The molecule has 2 aromatic rings. The van der Waals surface area contributed by atoms with Crippen molar-refractivity contribution < 1.29 is 4.74 Å². The van der Waals surface area contributed by atoms with E-state index in [-0.39, 0.29) is 11.2 Å². The fourth-order valence-electron chi connectivity index (χ4n) is 5.00. The first-order chi connectivity index (χ1) is 12.7. The number of piperidine rings is 1. The van der Waals surface area contributed by atoms with Crippen LogP contribution < -0.4 is 10.5 Å². The highest BCUT2D eigenvalue weighted by Gasteiger charge is 2.43. The third-order valence-electron chi connectivity index (χ3n) is 6.37. The van der Waals surface area contributed by atoms with Crippen LogP contribution in [0.2, 0.25) is 0 Å². The summed E-state index contributed by atoms with van der Waals surface area (Å²) in [6.07, 6.45) is 5.90. The maximum absolute atomic E-state index is 12.4.